The molecule has 0 aliphatic heterocycles. The third-order valence-corrected chi connectivity index (χ3v) is 4.12. The van der Waals surface area contributed by atoms with Gasteiger partial charge >= 0.3 is 0 Å². The zero-order valence-corrected chi connectivity index (χ0v) is 12.1. The molecule has 0 aliphatic carbocycles. The van der Waals surface area contributed by atoms with Gasteiger partial charge in [0.15, 0.2) is 0 Å². The molecule has 0 atom stereocenters. The highest BCUT2D eigenvalue weighted by Gasteiger charge is 2.05. The average Bonchev–Trinajstić information content (AvgIpc) is 2.52. The maximum absolute atomic E-state index is 6.14. The van der Waals surface area contributed by atoms with Crippen LogP contribution in [0.4, 0.5) is 0 Å². The van der Waals surface area contributed by atoms with E-state index in [1.807, 2.05) is 18.2 Å². The fraction of sp³-hybridized carbons (Fsp3) is 0. The molecular formula is C20H13Cl. The van der Waals surface area contributed by atoms with E-state index in [4.69, 9.17) is 11.6 Å². The van der Waals surface area contributed by atoms with Gasteiger partial charge in [-0.15, -0.1) is 0 Å². The molecule has 0 spiro atoms. The summed E-state index contributed by atoms with van der Waals surface area (Å²) in [6, 6.07) is 27.4. The normalized spacial score (nSPS) is 11.1. The number of hydrogen-bond acceptors (Lipinski definition) is 0. The van der Waals surface area contributed by atoms with Crippen LogP contribution in [0.15, 0.2) is 78.9 Å². The van der Waals surface area contributed by atoms with Crippen molar-refractivity contribution >= 4 is 33.1 Å². The highest BCUT2D eigenvalue weighted by Crippen LogP contribution is 2.32. The summed E-state index contributed by atoms with van der Waals surface area (Å²) >= 11 is 6.14. The van der Waals surface area contributed by atoms with Crippen LogP contribution >= 0.6 is 11.6 Å². The predicted molar refractivity (Wildman–Crippen MR) is 91.9 cm³/mol. The van der Waals surface area contributed by atoms with Crippen LogP contribution in [0.3, 0.4) is 0 Å². The van der Waals surface area contributed by atoms with Crippen LogP contribution in [0.1, 0.15) is 0 Å². The summed E-state index contributed by atoms with van der Waals surface area (Å²) in [5.74, 6) is 0. The lowest BCUT2D eigenvalue weighted by molar-refractivity contribution is 1.66. The van der Waals surface area contributed by atoms with E-state index >= 15 is 0 Å². The number of benzene rings is 4. The Morgan fingerprint density at radius 3 is 2.10 bits per heavy atom. The zero-order chi connectivity index (χ0) is 14.2. The van der Waals surface area contributed by atoms with Crippen molar-refractivity contribution in [2.75, 3.05) is 0 Å². The van der Waals surface area contributed by atoms with E-state index in [1.165, 1.54) is 27.1 Å². The van der Waals surface area contributed by atoms with Gasteiger partial charge in [0.2, 0.25) is 0 Å². The molecule has 100 valence electrons. The van der Waals surface area contributed by atoms with E-state index in [2.05, 4.69) is 60.7 Å². The van der Waals surface area contributed by atoms with Crippen LogP contribution in [0, 0.1) is 0 Å². The maximum Gasteiger partial charge on any atom is 0.0412 e. The largest absolute Gasteiger partial charge is 0.0843 e. The van der Waals surface area contributed by atoms with Crippen molar-refractivity contribution in [3.8, 4) is 11.1 Å². The first-order chi connectivity index (χ1) is 10.3. The monoisotopic (exact) mass is 288 g/mol. The average molecular weight is 289 g/mol. The molecule has 0 unspecified atom stereocenters. The van der Waals surface area contributed by atoms with Crippen molar-refractivity contribution in [1.82, 2.24) is 0 Å². The van der Waals surface area contributed by atoms with Crippen LogP contribution in [0.5, 0.6) is 0 Å². The first-order valence-electron chi connectivity index (χ1n) is 6.99. The summed E-state index contributed by atoms with van der Waals surface area (Å²) < 4.78 is 0. The summed E-state index contributed by atoms with van der Waals surface area (Å²) in [5, 5.41) is 5.82. The fourth-order valence-electron chi connectivity index (χ4n) is 2.87. The molecular weight excluding hydrogens is 276 g/mol. The Kier molecular flexibility index (Phi) is 2.90. The highest BCUT2D eigenvalue weighted by atomic mass is 35.5. The summed E-state index contributed by atoms with van der Waals surface area (Å²) in [6.07, 6.45) is 0. The number of rotatable bonds is 1. The van der Waals surface area contributed by atoms with E-state index in [0.29, 0.717) is 0 Å². The molecule has 0 aromatic heterocycles. The van der Waals surface area contributed by atoms with Crippen LogP contribution in [-0.4, -0.2) is 0 Å². The van der Waals surface area contributed by atoms with E-state index in [-0.39, 0.29) is 0 Å². The Balaban J connectivity index is 2.07. The predicted octanol–water partition coefficient (Wildman–Crippen LogP) is 6.31. The minimum Gasteiger partial charge on any atom is -0.0843 e. The summed E-state index contributed by atoms with van der Waals surface area (Å²) in [7, 11) is 0. The summed E-state index contributed by atoms with van der Waals surface area (Å²) in [5.41, 5.74) is 2.38. The van der Waals surface area contributed by atoms with Crippen molar-refractivity contribution in [1.29, 1.82) is 0 Å². The molecule has 4 aromatic carbocycles. The van der Waals surface area contributed by atoms with Crippen molar-refractivity contribution in [2.45, 2.75) is 0 Å². The molecule has 4 aromatic rings. The van der Waals surface area contributed by atoms with Gasteiger partial charge in [-0.1, -0.05) is 66.2 Å². The maximum atomic E-state index is 6.14. The molecule has 0 amide bonds. The summed E-state index contributed by atoms with van der Waals surface area (Å²) in [6.45, 7) is 0. The molecule has 0 saturated heterocycles. The molecule has 0 N–H and O–H groups in total. The molecule has 0 fully saturated rings. The van der Waals surface area contributed by atoms with Gasteiger partial charge in [-0.25, -0.2) is 0 Å². The Hall–Kier alpha value is -2.31. The Morgan fingerprint density at radius 1 is 0.571 bits per heavy atom. The quantitative estimate of drug-likeness (QED) is 0.360. The lowest BCUT2D eigenvalue weighted by Gasteiger charge is -2.09. The Bertz CT molecular complexity index is 954. The van der Waals surface area contributed by atoms with E-state index in [1.54, 1.807) is 0 Å². The van der Waals surface area contributed by atoms with Gasteiger partial charge in [-0.3, -0.25) is 0 Å². The second-order valence-corrected chi connectivity index (χ2v) is 5.67. The van der Waals surface area contributed by atoms with Gasteiger partial charge in [0, 0.05) is 5.02 Å². The van der Waals surface area contributed by atoms with Gasteiger partial charge in [0.05, 0.1) is 0 Å². The zero-order valence-electron chi connectivity index (χ0n) is 11.4. The first-order valence-corrected chi connectivity index (χ1v) is 7.36. The molecule has 0 radical (unpaired) electrons. The molecule has 0 bridgehead atoms. The summed E-state index contributed by atoms with van der Waals surface area (Å²) in [4.78, 5) is 0. The molecule has 4 rings (SSSR count). The second kappa shape index (κ2) is 4.91. The second-order valence-electron chi connectivity index (χ2n) is 5.24. The van der Waals surface area contributed by atoms with Crippen LogP contribution in [0.2, 0.25) is 5.02 Å². The third-order valence-electron chi connectivity index (χ3n) is 3.88. The first kappa shape index (κ1) is 12.4. The van der Waals surface area contributed by atoms with Crippen LogP contribution in [0.25, 0.3) is 32.7 Å². The fourth-order valence-corrected chi connectivity index (χ4v) is 3.06. The van der Waals surface area contributed by atoms with Crippen molar-refractivity contribution in [3.63, 3.8) is 0 Å². The van der Waals surface area contributed by atoms with Crippen molar-refractivity contribution in [2.24, 2.45) is 0 Å². The minimum atomic E-state index is 0.769. The van der Waals surface area contributed by atoms with Crippen LogP contribution < -0.4 is 0 Å². The highest BCUT2D eigenvalue weighted by molar-refractivity contribution is 6.31. The molecule has 0 saturated carbocycles. The standard InChI is InChI=1S/C20H13Cl/c21-18-9-3-7-17(12-18)19-10-4-8-16-11-14-5-1-2-6-15(14)13-20(16)19/h1-13H. The number of hydrogen-bond donors (Lipinski definition) is 0. The lowest BCUT2D eigenvalue weighted by atomic mass is 9.96. The molecule has 21 heavy (non-hydrogen) atoms. The van der Waals surface area contributed by atoms with E-state index in [0.717, 1.165) is 10.6 Å². The minimum absolute atomic E-state index is 0.769. The van der Waals surface area contributed by atoms with Crippen molar-refractivity contribution in [3.05, 3.63) is 83.9 Å². The smallest absolute Gasteiger partial charge is 0.0412 e. The number of halogens is 1. The molecule has 0 aliphatic rings. The third kappa shape index (κ3) is 2.18. The Labute approximate surface area is 128 Å². The topological polar surface area (TPSA) is 0 Å². The van der Waals surface area contributed by atoms with Gasteiger partial charge in [0.25, 0.3) is 0 Å². The molecule has 0 heterocycles. The van der Waals surface area contributed by atoms with Gasteiger partial charge < -0.3 is 0 Å². The van der Waals surface area contributed by atoms with Gasteiger partial charge in [0.1, 0.15) is 0 Å². The lowest BCUT2D eigenvalue weighted by Crippen LogP contribution is -1.82. The van der Waals surface area contributed by atoms with E-state index < -0.39 is 0 Å². The van der Waals surface area contributed by atoms with Crippen LogP contribution in [-0.2, 0) is 0 Å². The van der Waals surface area contributed by atoms with Crippen molar-refractivity contribution < 1.29 is 0 Å². The molecule has 1 heteroatoms. The Morgan fingerprint density at radius 2 is 1.29 bits per heavy atom. The van der Waals surface area contributed by atoms with Gasteiger partial charge in [-0.05, 0) is 56.9 Å². The SMILES string of the molecule is Clc1cccc(-c2cccc3cc4ccccc4cc23)c1. The van der Waals surface area contributed by atoms with Gasteiger partial charge in [-0.2, -0.15) is 0 Å². The van der Waals surface area contributed by atoms with E-state index in [9.17, 15) is 0 Å². The molecule has 0 nitrogen and oxygen atoms in total. The number of fused-ring (bicyclic) bond motifs is 2.